The van der Waals surface area contributed by atoms with E-state index in [1.54, 1.807) is 0 Å². The molecule has 16 heavy (non-hydrogen) atoms. The first-order valence-corrected chi connectivity index (χ1v) is 5.06. The Kier molecular flexibility index (Phi) is 3.47. The number of halogens is 7. The van der Waals surface area contributed by atoms with Gasteiger partial charge in [-0.2, -0.15) is 26.3 Å². The number of hydrogen-bond donors (Lipinski definition) is 0. The minimum atomic E-state index is -5.01. The smallest absolute Gasteiger partial charge is 0.166 e. The zero-order valence-electron chi connectivity index (χ0n) is 7.80. The average molecular weight is 354 g/mol. The van der Waals surface area contributed by atoms with Crippen LogP contribution in [0.2, 0.25) is 0 Å². The Morgan fingerprint density at radius 3 is 1.81 bits per heavy atom. The number of hydrogen-bond acceptors (Lipinski definition) is 0. The van der Waals surface area contributed by atoms with Crippen molar-refractivity contribution in [1.82, 2.24) is 0 Å². The number of rotatable bonds is 0. The van der Waals surface area contributed by atoms with E-state index in [0.29, 0.717) is 6.07 Å². The van der Waals surface area contributed by atoms with Crippen LogP contribution in [0, 0.1) is 10.5 Å². The van der Waals surface area contributed by atoms with E-state index in [1.807, 2.05) is 0 Å². The van der Waals surface area contributed by atoms with E-state index >= 15 is 0 Å². The third kappa shape index (κ3) is 2.61. The molecule has 0 saturated carbocycles. The van der Waals surface area contributed by atoms with E-state index in [2.05, 4.69) is 0 Å². The van der Waals surface area contributed by atoms with Crippen LogP contribution in [0.5, 0.6) is 0 Å². The fourth-order valence-corrected chi connectivity index (χ4v) is 1.97. The molecule has 0 atom stereocenters. The summed E-state index contributed by atoms with van der Waals surface area (Å²) in [6.45, 7) is 1.33. The molecule has 0 spiro atoms. The summed E-state index contributed by atoms with van der Waals surface area (Å²) in [4.78, 5) is 0. The fourth-order valence-electron chi connectivity index (χ4n) is 1.19. The van der Waals surface area contributed by atoms with E-state index in [-0.39, 0.29) is 5.56 Å². The standard InChI is InChI=1S/C9H5F6I/c1-4-2-3-5(8(10,11)12)6(7(4)16)9(13,14)15/h2-3H,1H3. The second-order valence-corrected chi connectivity index (χ2v) is 4.19. The van der Waals surface area contributed by atoms with Crippen molar-refractivity contribution in [3.05, 3.63) is 32.4 Å². The number of aryl methyl sites for hydroxylation is 1. The van der Waals surface area contributed by atoms with Crippen molar-refractivity contribution >= 4 is 22.6 Å². The van der Waals surface area contributed by atoms with Crippen LogP contribution < -0.4 is 0 Å². The summed E-state index contributed by atoms with van der Waals surface area (Å²) in [7, 11) is 0. The fraction of sp³-hybridized carbons (Fsp3) is 0.333. The molecule has 0 aliphatic rings. The molecule has 90 valence electrons. The van der Waals surface area contributed by atoms with E-state index in [0.717, 1.165) is 6.07 Å². The van der Waals surface area contributed by atoms with Crippen LogP contribution in [-0.2, 0) is 12.4 Å². The second kappa shape index (κ2) is 4.08. The third-order valence-corrected chi connectivity index (χ3v) is 3.31. The van der Waals surface area contributed by atoms with Gasteiger partial charge in [-0.3, -0.25) is 0 Å². The largest absolute Gasteiger partial charge is 0.418 e. The van der Waals surface area contributed by atoms with Crippen molar-refractivity contribution in [2.24, 2.45) is 0 Å². The molecule has 0 nitrogen and oxygen atoms in total. The Morgan fingerprint density at radius 1 is 0.938 bits per heavy atom. The van der Waals surface area contributed by atoms with Crippen LogP contribution in [0.25, 0.3) is 0 Å². The lowest BCUT2D eigenvalue weighted by atomic mass is 10.0. The second-order valence-electron chi connectivity index (χ2n) is 3.11. The number of benzene rings is 1. The summed E-state index contributed by atoms with van der Waals surface area (Å²) < 4.78 is 74.3. The van der Waals surface area contributed by atoms with Crippen molar-refractivity contribution in [3.63, 3.8) is 0 Å². The van der Waals surface area contributed by atoms with Gasteiger partial charge < -0.3 is 0 Å². The van der Waals surface area contributed by atoms with Gasteiger partial charge in [0, 0.05) is 3.57 Å². The minimum absolute atomic E-state index is 0.168. The van der Waals surface area contributed by atoms with Gasteiger partial charge in [0.2, 0.25) is 0 Å². The van der Waals surface area contributed by atoms with Gasteiger partial charge in [-0.25, -0.2) is 0 Å². The summed E-state index contributed by atoms with van der Waals surface area (Å²) in [5.74, 6) is 0. The van der Waals surface area contributed by atoms with Gasteiger partial charge in [0.1, 0.15) is 0 Å². The van der Waals surface area contributed by atoms with Gasteiger partial charge in [0.05, 0.1) is 11.1 Å². The topological polar surface area (TPSA) is 0 Å². The predicted octanol–water partition coefficient (Wildman–Crippen LogP) is 4.64. The van der Waals surface area contributed by atoms with Crippen LogP contribution in [-0.4, -0.2) is 0 Å². The molecule has 1 rings (SSSR count). The highest BCUT2D eigenvalue weighted by atomic mass is 127. The maximum Gasteiger partial charge on any atom is 0.418 e. The Labute approximate surface area is 101 Å². The van der Waals surface area contributed by atoms with E-state index in [9.17, 15) is 26.3 Å². The quantitative estimate of drug-likeness (QED) is 0.471. The normalized spacial score (nSPS) is 13.0. The first kappa shape index (κ1) is 13.6. The first-order chi connectivity index (χ1) is 7.05. The molecule has 0 saturated heterocycles. The maximum atomic E-state index is 12.5. The summed E-state index contributed by atoms with van der Waals surface area (Å²) >= 11 is 1.28. The SMILES string of the molecule is Cc1ccc(C(F)(F)F)c(C(F)(F)F)c1I. The van der Waals surface area contributed by atoms with Crippen LogP contribution in [0.15, 0.2) is 12.1 Å². The molecule has 0 fully saturated rings. The van der Waals surface area contributed by atoms with E-state index in [1.165, 1.54) is 29.5 Å². The van der Waals surface area contributed by atoms with Crippen molar-refractivity contribution in [2.75, 3.05) is 0 Å². The van der Waals surface area contributed by atoms with Gasteiger partial charge >= 0.3 is 12.4 Å². The van der Waals surface area contributed by atoms with Crippen LogP contribution in [0.1, 0.15) is 16.7 Å². The van der Waals surface area contributed by atoms with Crippen molar-refractivity contribution in [1.29, 1.82) is 0 Å². The Bertz CT molecular complexity index is 404. The molecule has 0 unspecified atom stereocenters. The molecule has 0 bridgehead atoms. The summed E-state index contributed by atoms with van der Waals surface area (Å²) in [5.41, 5.74) is -3.09. The summed E-state index contributed by atoms with van der Waals surface area (Å²) in [5, 5.41) is 0. The van der Waals surface area contributed by atoms with Gasteiger partial charge in [-0.15, -0.1) is 0 Å². The molecular weight excluding hydrogens is 349 g/mol. The van der Waals surface area contributed by atoms with E-state index < -0.39 is 27.0 Å². The van der Waals surface area contributed by atoms with Gasteiger partial charge in [0.15, 0.2) is 0 Å². The highest BCUT2D eigenvalue weighted by Gasteiger charge is 2.44. The molecule has 1 aromatic carbocycles. The molecule has 0 aliphatic heterocycles. The lowest BCUT2D eigenvalue weighted by molar-refractivity contribution is -0.162. The minimum Gasteiger partial charge on any atom is -0.166 e. The van der Waals surface area contributed by atoms with Crippen LogP contribution in [0.4, 0.5) is 26.3 Å². The van der Waals surface area contributed by atoms with E-state index in [4.69, 9.17) is 0 Å². The Morgan fingerprint density at radius 2 is 1.44 bits per heavy atom. The molecule has 0 aliphatic carbocycles. The van der Waals surface area contributed by atoms with Gasteiger partial charge in [-0.1, -0.05) is 6.07 Å². The lowest BCUT2D eigenvalue weighted by Gasteiger charge is -2.18. The molecular formula is C9H5F6I. The molecule has 0 radical (unpaired) electrons. The number of alkyl halides is 6. The molecule has 0 aromatic heterocycles. The Hall–Kier alpha value is -0.470. The monoisotopic (exact) mass is 354 g/mol. The zero-order chi connectivity index (χ0) is 12.7. The zero-order valence-corrected chi connectivity index (χ0v) is 9.96. The van der Waals surface area contributed by atoms with Crippen LogP contribution in [0.3, 0.4) is 0 Å². The molecule has 7 heteroatoms. The van der Waals surface area contributed by atoms with Crippen molar-refractivity contribution < 1.29 is 26.3 Å². The lowest BCUT2D eigenvalue weighted by Crippen LogP contribution is -2.18. The third-order valence-electron chi connectivity index (χ3n) is 1.92. The van der Waals surface area contributed by atoms with Gasteiger partial charge in [0.25, 0.3) is 0 Å². The molecule has 0 amide bonds. The highest BCUT2D eigenvalue weighted by molar-refractivity contribution is 14.1. The molecule has 0 N–H and O–H groups in total. The first-order valence-electron chi connectivity index (χ1n) is 3.98. The Balaban J connectivity index is 3.59. The highest BCUT2D eigenvalue weighted by Crippen LogP contribution is 2.43. The van der Waals surface area contributed by atoms with Crippen LogP contribution >= 0.6 is 22.6 Å². The summed E-state index contributed by atoms with van der Waals surface area (Å²) in [6.07, 6.45) is -10.0. The predicted molar refractivity (Wildman–Crippen MR) is 53.9 cm³/mol. The average Bonchev–Trinajstić information content (AvgIpc) is 2.05. The van der Waals surface area contributed by atoms with Gasteiger partial charge in [-0.05, 0) is 41.1 Å². The van der Waals surface area contributed by atoms with Crippen molar-refractivity contribution in [2.45, 2.75) is 19.3 Å². The molecule has 0 heterocycles. The molecule has 1 aromatic rings. The summed E-state index contributed by atoms with van der Waals surface area (Å²) in [6, 6.07) is 1.49. The maximum absolute atomic E-state index is 12.5. The van der Waals surface area contributed by atoms with Crippen molar-refractivity contribution in [3.8, 4) is 0 Å².